The van der Waals surface area contributed by atoms with Gasteiger partial charge in [0.1, 0.15) is 5.76 Å². The van der Waals surface area contributed by atoms with E-state index in [-0.39, 0.29) is 11.8 Å². The predicted octanol–water partition coefficient (Wildman–Crippen LogP) is 0.503. The van der Waals surface area contributed by atoms with Crippen LogP contribution in [0, 0.1) is 0 Å². The first-order valence-electron chi connectivity index (χ1n) is 4.74. The van der Waals surface area contributed by atoms with Crippen molar-refractivity contribution in [3.05, 3.63) is 23.7 Å². The van der Waals surface area contributed by atoms with Crippen LogP contribution >= 0.6 is 0 Å². The van der Waals surface area contributed by atoms with E-state index >= 15 is 0 Å². The van der Waals surface area contributed by atoms with Gasteiger partial charge in [-0.1, -0.05) is 0 Å². The summed E-state index contributed by atoms with van der Waals surface area (Å²) in [6.07, 6.45) is 0. The van der Waals surface area contributed by atoms with Crippen LogP contribution in [-0.4, -0.2) is 25.7 Å². The molecule has 1 heterocycles. The molecule has 84 valence electrons. The maximum atomic E-state index is 10.7. The van der Waals surface area contributed by atoms with Gasteiger partial charge in [0.05, 0.1) is 13.2 Å². The first-order chi connectivity index (χ1) is 7.13. The molecule has 0 saturated heterocycles. The summed E-state index contributed by atoms with van der Waals surface area (Å²) in [5.74, 6) is 0.323. The topological polar surface area (TPSA) is 77.5 Å². The minimum atomic E-state index is -0.550. The van der Waals surface area contributed by atoms with Crippen LogP contribution in [0.15, 0.2) is 16.5 Å². The summed E-state index contributed by atoms with van der Waals surface area (Å²) in [6, 6.07) is 3.53. The van der Waals surface area contributed by atoms with Crippen LogP contribution in [0.25, 0.3) is 0 Å². The number of carbonyl (C=O) groups is 1. The largest absolute Gasteiger partial charge is 0.455 e. The Morgan fingerprint density at radius 3 is 2.93 bits per heavy atom. The van der Waals surface area contributed by atoms with E-state index in [0.717, 1.165) is 0 Å². The Kier molecular flexibility index (Phi) is 4.33. The molecule has 5 heteroatoms. The van der Waals surface area contributed by atoms with Gasteiger partial charge < -0.3 is 20.2 Å². The molecule has 1 aromatic heterocycles. The summed E-state index contributed by atoms with van der Waals surface area (Å²) >= 11 is 0. The molecule has 5 nitrogen and oxygen atoms in total. The molecular weight excluding hydrogens is 196 g/mol. The number of ether oxygens (including phenoxy) is 1. The molecule has 0 fully saturated rings. The van der Waals surface area contributed by atoms with Crippen molar-refractivity contribution in [2.45, 2.75) is 19.5 Å². The Bertz CT molecular complexity index is 322. The van der Waals surface area contributed by atoms with Gasteiger partial charge >= 0.3 is 0 Å². The zero-order valence-corrected chi connectivity index (χ0v) is 8.95. The summed E-state index contributed by atoms with van der Waals surface area (Å²) < 4.78 is 10.2. The van der Waals surface area contributed by atoms with Crippen molar-refractivity contribution in [1.82, 2.24) is 5.32 Å². The Labute approximate surface area is 88.6 Å². The Morgan fingerprint density at radius 1 is 1.67 bits per heavy atom. The van der Waals surface area contributed by atoms with Crippen LogP contribution in [0.4, 0.5) is 0 Å². The van der Waals surface area contributed by atoms with E-state index in [1.54, 1.807) is 19.2 Å². The zero-order chi connectivity index (χ0) is 11.3. The van der Waals surface area contributed by atoms with E-state index < -0.39 is 5.91 Å². The van der Waals surface area contributed by atoms with Crippen LogP contribution in [0.5, 0.6) is 0 Å². The third kappa shape index (κ3) is 3.73. The fraction of sp³-hybridized carbons (Fsp3) is 0.500. The molecule has 0 aromatic carbocycles. The fourth-order valence-corrected chi connectivity index (χ4v) is 1.19. The Morgan fingerprint density at radius 2 is 2.40 bits per heavy atom. The number of furan rings is 1. The smallest absolute Gasteiger partial charge is 0.284 e. The van der Waals surface area contributed by atoms with Crippen molar-refractivity contribution in [2.24, 2.45) is 5.73 Å². The molecule has 0 aliphatic rings. The first kappa shape index (κ1) is 11.7. The molecule has 1 amide bonds. The second-order valence-corrected chi connectivity index (χ2v) is 3.37. The number of amides is 1. The Hall–Kier alpha value is -1.33. The van der Waals surface area contributed by atoms with E-state index in [1.165, 1.54) is 0 Å². The van der Waals surface area contributed by atoms with E-state index in [2.05, 4.69) is 5.32 Å². The standard InChI is InChI=1S/C10H16N2O3/c1-7(6-14-2)12-5-8-3-4-9(15-8)10(11)13/h3-4,7,12H,5-6H2,1-2H3,(H2,11,13). The maximum absolute atomic E-state index is 10.7. The minimum absolute atomic E-state index is 0.186. The summed E-state index contributed by atoms with van der Waals surface area (Å²) in [5.41, 5.74) is 5.06. The molecule has 1 atom stereocenters. The molecular formula is C10H16N2O3. The van der Waals surface area contributed by atoms with Gasteiger partial charge in [0.25, 0.3) is 5.91 Å². The van der Waals surface area contributed by atoms with E-state index in [4.69, 9.17) is 14.9 Å². The van der Waals surface area contributed by atoms with Crippen LogP contribution in [0.3, 0.4) is 0 Å². The molecule has 3 N–H and O–H groups in total. The van der Waals surface area contributed by atoms with Gasteiger partial charge in [-0.15, -0.1) is 0 Å². The molecule has 0 aliphatic carbocycles. The Balaban J connectivity index is 2.40. The maximum Gasteiger partial charge on any atom is 0.284 e. The second kappa shape index (κ2) is 5.53. The van der Waals surface area contributed by atoms with Gasteiger partial charge in [-0.2, -0.15) is 0 Å². The number of hydrogen-bond donors (Lipinski definition) is 2. The first-order valence-corrected chi connectivity index (χ1v) is 4.74. The van der Waals surface area contributed by atoms with E-state index in [1.807, 2.05) is 6.92 Å². The summed E-state index contributed by atoms with van der Waals surface area (Å²) in [5, 5.41) is 3.18. The molecule has 1 aromatic rings. The third-order valence-electron chi connectivity index (χ3n) is 1.95. The van der Waals surface area contributed by atoms with E-state index in [0.29, 0.717) is 18.9 Å². The molecule has 0 bridgehead atoms. The molecule has 15 heavy (non-hydrogen) atoms. The number of hydrogen-bond acceptors (Lipinski definition) is 4. The molecule has 1 unspecified atom stereocenters. The van der Waals surface area contributed by atoms with Crippen molar-refractivity contribution in [1.29, 1.82) is 0 Å². The van der Waals surface area contributed by atoms with Gasteiger partial charge in [0.15, 0.2) is 5.76 Å². The molecule has 0 aliphatic heterocycles. The third-order valence-corrected chi connectivity index (χ3v) is 1.95. The highest BCUT2D eigenvalue weighted by Crippen LogP contribution is 2.06. The lowest BCUT2D eigenvalue weighted by atomic mass is 10.3. The lowest BCUT2D eigenvalue weighted by Crippen LogP contribution is -2.29. The van der Waals surface area contributed by atoms with Gasteiger partial charge in [0.2, 0.25) is 0 Å². The average molecular weight is 212 g/mol. The number of rotatable bonds is 6. The second-order valence-electron chi connectivity index (χ2n) is 3.37. The fourth-order valence-electron chi connectivity index (χ4n) is 1.19. The molecule has 0 radical (unpaired) electrons. The molecule has 1 rings (SSSR count). The number of methoxy groups -OCH3 is 1. The van der Waals surface area contributed by atoms with Crippen molar-refractivity contribution < 1.29 is 13.9 Å². The highest BCUT2D eigenvalue weighted by atomic mass is 16.5. The van der Waals surface area contributed by atoms with Gasteiger partial charge in [-0.05, 0) is 19.1 Å². The number of carbonyl (C=O) groups excluding carboxylic acids is 1. The average Bonchev–Trinajstić information content (AvgIpc) is 2.63. The van der Waals surface area contributed by atoms with Gasteiger partial charge in [0, 0.05) is 13.2 Å². The number of primary amides is 1. The predicted molar refractivity (Wildman–Crippen MR) is 55.4 cm³/mol. The number of nitrogens with two attached hydrogens (primary N) is 1. The van der Waals surface area contributed by atoms with Gasteiger partial charge in [-0.25, -0.2) is 0 Å². The lowest BCUT2D eigenvalue weighted by molar-refractivity contribution is 0.0971. The monoisotopic (exact) mass is 212 g/mol. The van der Waals surface area contributed by atoms with E-state index in [9.17, 15) is 4.79 Å². The van der Waals surface area contributed by atoms with Crippen LogP contribution in [0.2, 0.25) is 0 Å². The quantitative estimate of drug-likeness (QED) is 0.720. The van der Waals surface area contributed by atoms with Crippen LogP contribution in [-0.2, 0) is 11.3 Å². The highest BCUT2D eigenvalue weighted by molar-refractivity contribution is 5.89. The summed E-state index contributed by atoms with van der Waals surface area (Å²) in [7, 11) is 1.65. The van der Waals surface area contributed by atoms with Crippen molar-refractivity contribution in [2.75, 3.05) is 13.7 Å². The van der Waals surface area contributed by atoms with Crippen molar-refractivity contribution >= 4 is 5.91 Å². The van der Waals surface area contributed by atoms with Crippen LogP contribution in [0.1, 0.15) is 23.2 Å². The minimum Gasteiger partial charge on any atom is -0.455 e. The van der Waals surface area contributed by atoms with Crippen LogP contribution < -0.4 is 11.1 Å². The van der Waals surface area contributed by atoms with Crippen molar-refractivity contribution in [3.63, 3.8) is 0 Å². The zero-order valence-electron chi connectivity index (χ0n) is 8.95. The highest BCUT2D eigenvalue weighted by Gasteiger charge is 2.07. The molecule has 0 saturated carbocycles. The normalized spacial score (nSPS) is 12.7. The SMILES string of the molecule is COCC(C)NCc1ccc(C(N)=O)o1. The lowest BCUT2D eigenvalue weighted by Gasteiger charge is -2.10. The van der Waals surface area contributed by atoms with Crippen molar-refractivity contribution in [3.8, 4) is 0 Å². The van der Waals surface area contributed by atoms with Gasteiger partial charge in [-0.3, -0.25) is 4.79 Å². The summed E-state index contributed by atoms with van der Waals surface area (Å²) in [4.78, 5) is 10.7. The summed E-state index contributed by atoms with van der Waals surface area (Å²) in [6.45, 7) is 3.18. The number of nitrogens with one attached hydrogen (secondary N) is 1. The molecule has 0 spiro atoms.